The number of ether oxygens (including phenoxy) is 1. The number of hydrogen-bond acceptors (Lipinski definition) is 5. The summed E-state index contributed by atoms with van der Waals surface area (Å²) in [7, 11) is -3.86. The van der Waals surface area contributed by atoms with Crippen molar-refractivity contribution in [1.82, 2.24) is 4.72 Å². The van der Waals surface area contributed by atoms with Gasteiger partial charge in [0.15, 0.2) is 0 Å². The zero-order valence-electron chi connectivity index (χ0n) is 13.9. The summed E-state index contributed by atoms with van der Waals surface area (Å²) < 4.78 is 31.4. The van der Waals surface area contributed by atoms with E-state index in [1.807, 2.05) is 0 Å². The molecule has 0 radical (unpaired) electrons. The van der Waals surface area contributed by atoms with E-state index in [9.17, 15) is 18.0 Å². The minimum atomic E-state index is -3.86. The zero-order chi connectivity index (χ0) is 19.2. The van der Waals surface area contributed by atoms with Crippen LogP contribution in [0.3, 0.4) is 0 Å². The molecule has 0 aliphatic rings. The van der Waals surface area contributed by atoms with E-state index >= 15 is 0 Å². The Morgan fingerprint density at radius 1 is 1.08 bits per heavy atom. The molecule has 0 aliphatic heterocycles. The number of carbonyl (C=O) groups is 2. The summed E-state index contributed by atoms with van der Waals surface area (Å²) in [5, 5.41) is 2.90. The van der Waals surface area contributed by atoms with E-state index in [1.165, 1.54) is 36.4 Å². The lowest BCUT2D eigenvalue weighted by molar-refractivity contribution is -0.115. The van der Waals surface area contributed by atoms with Gasteiger partial charge in [0, 0.05) is 5.02 Å². The van der Waals surface area contributed by atoms with E-state index in [2.05, 4.69) is 10.0 Å². The third-order valence-corrected chi connectivity index (χ3v) is 4.91. The van der Waals surface area contributed by atoms with Crippen molar-refractivity contribution >= 4 is 39.2 Å². The van der Waals surface area contributed by atoms with E-state index in [4.69, 9.17) is 16.3 Å². The van der Waals surface area contributed by atoms with Crippen LogP contribution in [0.4, 0.5) is 5.69 Å². The van der Waals surface area contributed by atoms with Crippen molar-refractivity contribution in [2.75, 3.05) is 18.5 Å². The summed E-state index contributed by atoms with van der Waals surface area (Å²) in [6, 6.07) is 11.8. The van der Waals surface area contributed by atoms with Gasteiger partial charge in [-0.15, -0.1) is 0 Å². The molecule has 0 saturated heterocycles. The molecule has 2 aromatic carbocycles. The highest BCUT2D eigenvalue weighted by molar-refractivity contribution is 7.89. The molecule has 7 nitrogen and oxygen atoms in total. The topological polar surface area (TPSA) is 102 Å². The quantitative estimate of drug-likeness (QED) is 0.700. The molecule has 2 aromatic rings. The maximum Gasteiger partial charge on any atom is 0.340 e. The second-order valence-electron chi connectivity index (χ2n) is 5.09. The number of anilines is 1. The predicted molar refractivity (Wildman–Crippen MR) is 97.7 cm³/mol. The van der Waals surface area contributed by atoms with Crippen LogP contribution in [0, 0.1) is 0 Å². The van der Waals surface area contributed by atoms with E-state index in [0.29, 0.717) is 5.02 Å². The summed E-state index contributed by atoms with van der Waals surface area (Å²) in [4.78, 5) is 23.9. The summed E-state index contributed by atoms with van der Waals surface area (Å²) in [5.74, 6) is -1.20. The van der Waals surface area contributed by atoms with E-state index in [1.54, 1.807) is 19.1 Å². The highest BCUT2D eigenvalue weighted by Crippen LogP contribution is 2.16. The molecule has 0 spiro atoms. The first-order chi connectivity index (χ1) is 12.3. The number of halogens is 1. The van der Waals surface area contributed by atoms with Gasteiger partial charge >= 0.3 is 5.97 Å². The Balaban J connectivity index is 2.03. The first-order valence-corrected chi connectivity index (χ1v) is 9.51. The minimum absolute atomic E-state index is 0.0124. The van der Waals surface area contributed by atoms with E-state index in [0.717, 1.165) is 0 Å². The lowest BCUT2D eigenvalue weighted by atomic mass is 10.2. The summed E-state index contributed by atoms with van der Waals surface area (Å²) in [6.07, 6.45) is 0. The van der Waals surface area contributed by atoms with Gasteiger partial charge in [-0.2, -0.15) is 0 Å². The average Bonchev–Trinajstić information content (AvgIpc) is 2.61. The van der Waals surface area contributed by atoms with Crippen LogP contribution in [-0.2, 0) is 19.6 Å². The molecule has 0 aliphatic carbocycles. The fourth-order valence-electron chi connectivity index (χ4n) is 2.03. The lowest BCUT2D eigenvalue weighted by Crippen LogP contribution is -2.33. The molecule has 0 unspecified atom stereocenters. The van der Waals surface area contributed by atoms with Crippen LogP contribution in [-0.4, -0.2) is 33.4 Å². The fraction of sp³-hybridized carbons (Fsp3) is 0.176. The molecular weight excluding hydrogens is 380 g/mol. The van der Waals surface area contributed by atoms with E-state index in [-0.39, 0.29) is 22.8 Å². The number of hydrogen-bond donors (Lipinski definition) is 2. The van der Waals surface area contributed by atoms with Crippen molar-refractivity contribution in [1.29, 1.82) is 0 Å². The van der Waals surface area contributed by atoms with Crippen LogP contribution in [0.1, 0.15) is 17.3 Å². The number of para-hydroxylation sites is 1. The number of rotatable bonds is 7. The molecule has 0 bridgehead atoms. The highest BCUT2D eigenvalue weighted by atomic mass is 35.5. The van der Waals surface area contributed by atoms with Crippen LogP contribution >= 0.6 is 11.6 Å². The molecule has 0 heterocycles. The molecule has 0 fully saturated rings. The Morgan fingerprint density at radius 2 is 1.73 bits per heavy atom. The van der Waals surface area contributed by atoms with Crippen molar-refractivity contribution in [3.8, 4) is 0 Å². The molecule has 2 rings (SSSR count). The fourth-order valence-corrected chi connectivity index (χ4v) is 3.14. The molecule has 0 saturated carbocycles. The molecular formula is C17H17ClN2O5S. The van der Waals surface area contributed by atoms with Gasteiger partial charge in [-0.05, 0) is 43.3 Å². The third kappa shape index (κ3) is 5.29. The number of esters is 1. The first kappa shape index (κ1) is 19.9. The van der Waals surface area contributed by atoms with E-state index < -0.39 is 28.4 Å². The molecule has 9 heteroatoms. The number of sulfonamides is 1. The number of carbonyl (C=O) groups excluding carboxylic acids is 2. The lowest BCUT2D eigenvalue weighted by Gasteiger charge is -2.11. The Labute approximate surface area is 156 Å². The third-order valence-electron chi connectivity index (χ3n) is 3.24. The van der Waals surface area contributed by atoms with Crippen LogP contribution in [0.25, 0.3) is 0 Å². The van der Waals surface area contributed by atoms with Gasteiger partial charge in [0.05, 0.1) is 29.3 Å². The molecule has 0 atom stereocenters. The van der Waals surface area contributed by atoms with Gasteiger partial charge in [0.25, 0.3) is 0 Å². The van der Waals surface area contributed by atoms with Crippen molar-refractivity contribution in [3.05, 3.63) is 59.1 Å². The Kier molecular flexibility index (Phi) is 6.73. The number of nitrogens with one attached hydrogen (secondary N) is 2. The van der Waals surface area contributed by atoms with Crippen LogP contribution in [0.2, 0.25) is 5.02 Å². The van der Waals surface area contributed by atoms with Gasteiger partial charge in [-0.1, -0.05) is 23.7 Å². The van der Waals surface area contributed by atoms with Crippen molar-refractivity contribution in [2.45, 2.75) is 11.8 Å². The molecule has 1 amide bonds. The first-order valence-electron chi connectivity index (χ1n) is 7.64. The minimum Gasteiger partial charge on any atom is -0.462 e. The van der Waals surface area contributed by atoms with Gasteiger partial charge in [-0.25, -0.2) is 17.9 Å². The average molecular weight is 397 g/mol. The SMILES string of the molecule is CCOC(=O)c1ccccc1NC(=O)CNS(=O)(=O)c1ccc(Cl)cc1. The Morgan fingerprint density at radius 3 is 2.38 bits per heavy atom. The standard InChI is InChI=1S/C17H17ClN2O5S/c1-2-25-17(22)14-5-3-4-6-15(14)20-16(21)11-19-26(23,24)13-9-7-12(18)8-10-13/h3-10,19H,2,11H2,1H3,(H,20,21). The second-order valence-corrected chi connectivity index (χ2v) is 7.30. The second kappa shape index (κ2) is 8.79. The number of benzene rings is 2. The molecule has 26 heavy (non-hydrogen) atoms. The van der Waals surface area contributed by atoms with Crippen LogP contribution in [0.15, 0.2) is 53.4 Å². The maximum atomic E-state index is 12.2. The smallest absolute Gasteiger partial charge is 0.340 e. The maximum absolute atomic E-state index is 12.2. The van der Waals surface area contributed by atoms with Crippen molar-refractivity contribution in [3.63, 3.8) is 0 Å². The van der Waals surface area contributed by atoms with Crippen LogP contribution in [0.5, 0.6) is 0 Å². The Bertz CT molecular complexity index is 898. The Hall–Kier alpha value is -2.42. The van der Waals surface area contributed by atoms with Gasteiger partial charge in [0.1, 0.15) is 0 Å². The predicted octanol–water partition coefficient (Wildman–Crippen LogP) is 2.43. The van der Waals surface area contributed by atoms with Crippen molar-refractivity contribution < 1.29 is 22.7 Å². The molecule has 138 valence electrons. The monoisotopic (exact) mass is 396 g/mol. The zero-order valence-corrected chi connectivity index (χ0v) is 15.4. The molecule has 2 N–H and O–H groups in total. The summed E-state index contributed by atoms with van der Waals surface area (Å²) >= 11 is 5.73. The summed E-state index contributed by atoms with van der Waals surface area (Å²) in [6.45, 7) is 1.37. The highest BCUT2D eigenvalue weighted by Gasteiger charge is 2.17. The molecule has 0 aromatic heterocycles. The largest absolute Gasteiger partial charge is 0.462 e. The van der Waals surface area contributed by atoms with Gasteiger partial charge in [-0.3, -0.25) is 4.79 Å². The van der Waals surface area contributed by atoms with Crippen LogP contribution < -0.4 is 10.0 Å². The van der Waals surface area contributed by atoms with Gasteiger partial charge in [0.2, 0.25) is 15.9 Å². The number of amides is 1. The normalized spacial score (nSPS) is 11.0. The summed E-state index contributed by atoms with van der Waals surface area (Å²) in [5.41, 5.74) is 0.421. The van der Waals surface area contributed by atoms with Crippen molar-refractivity contribution in [2.24, 2.45) is 0 Å². The van der Waals surface area contributed by atoms with Gasteiger partial charge < -0.3 is 10.1 Å².